The molecule has 1 heterocycles. The van der Waals surface area contributed by atoms with Gasteiger partial charge >= 0.3 is 0 Å². The fourth-order valence-electron chi connectivity index (χ4n) is 2.37. The van der Waals surface area contributed by atoms with Crippen LogP contribution in [0.1, 0.15) is 24.6 Å². The Morgan fingerprint density at radius 3 is 2.69 bits per heavy atom. The molecule has 1 fully saturated rings. The fourth-order valence-corrected chi connectivity index (χ4v) is 2.62. The minimum atomic E-state index is 0.315. The highest BCUT2D eigenvalue weighted by Crippen LogP contribution is 2.41. The number of hydrazine groups is 1. The molecule has 0 amide bonds. The third-order valence-corrected chi connectivity index (χ3v) is 4.07. The van der Waals surface area contributed by atoms with E-state index < -0.39 is 0 Å². The Kier molecular flexibility index (Phi) is 3.24. The molecule has 1 aromatic heterocycles. The van der Waals surface area contributed by atoms with E-state index in [1.807, 2.05) is 14.0 Å². The van der Waals surface area contributed by atoms with Gasteiger partial charge in [0, 0.05) is 18.7 Å². The number of aromatic nitrogens is 2. The molecule has 0 aliphatic heterocycles. The van der Waals surface area contributed by atoms with Crippen molar-refractivity contribution in [2.24, 2.45) is 24.7 Å². The molecule has 16 heavy (non-hydrogen) atoms. The lowest BCUT2D eigenvalue weighted by atomic mass is 10.0. The zero-order valence-corrected chi connectivity index (χ0v) is 10.8. The molecular formula is C11H19ClN4. The van der Waals surface area contributed by atoms with Gasteiger partial charge in [-0.15, -0.1) is 0 Å². The lowest BCUT2D eigenvalue weighted by Crippen LogP contribution is -2.39. The van der Waals surface area contributed by atoms with E-state index in [0.29, 0.717) is 12.0 Å². The second kappa shape index (κ2) is 4.35. The van der Waals surface area contributed by atoms with Crippen LogP contribution in [0, 0.1) is 18.8 Å². The predicted octanol–water partition coefficient (Wildman–Crippen LogP) is 1.41. The Labute approximate surface area is 101 Å². The standard InChI is InChI=1S/C11H19ClN4/c1-6-4-8(6)10(14-13)5-9-7(2)15-16(3)11(9)12/h6,8,10,14H,4-5,13H2,1-3H3. The molecule has 3 atom stereocenters. The average molecular weight is 243 g/mol. The number of hydrogen-bond acceptors (Lipinski definition) is 3. The number of nitrogens with one attached hydrogen (secondary N) is 1. The first-order valence-corrected chi connectivity index (χ1v) is 6.06. The van der Waals surface area contributed by atoms with E-state index in [0.717, 1.165) is 28.7 Å². The number of nitrogens with zero attached hydrogens (tertiary/aromatic N) is 2. The van der Waals surface area contributed by atoms with E-state index in [2.05, 4.69) is 17.4 Å². The van der Waals surface area contributed by atoms with Crippen molar-refractivity contribution in [1.82, 2.24) is 15.2 Å². The number of aryl methyl sites for hydroxylation is 2. The minimum Gasteiger partial charge on any atom is -0.271 e. The molecule has 1 aromatic rings. The van der Waals surface area contributed by atoms with Crippen molar-refractivity contribution in [3.8, 4) is 0 Å². The first-order chi connectivity index (χ1) is 7.54. The highest BCUT2D eigenvalue weighted by Gasteiger charge is 2.39. The number of nitrogens with two attached hydrogens (primary N) is 1. The molecule has 0 bridgehead atoms. The summed E-state index contributed by atoms with van der Waals surface area (Å²) >= 11 is 6.21. The van der Waals surface area contributed by atoms with E-state index in [-0.39, 0.29) is 0 Å². The number of halogens is 1. The molecule has 0 spiro atoms. The topological polar surface area (TPSA) is 55.9 Å². The van der Waals surface area contributed by atoms with Gasteiger partial charge in [0.05, 0.1) is 5.69 Å². The summed E-state index contributed by atoms with van der Waals surface area (Å²) in [6.07, 6.45) is 2.12. The highest BCUT2D eigenvalue weighted by molar-refractivity contribution is 6.30. The first-order valence-electron chi connectivity index (χ1n) is 5.68. The van der Waals surface area contributed by atoms with Gasteiger partial charge in [-0.2, -0.15) is 5.10 Å². The van der Waals surface area contributed by atoms with E-state index in [4.69, 9.17) is 17.4 Å². The molecule has 2 rings (SSSR count). The maximum Gasteiger partial charge on any atom is 0.130 e. The Morgan fingerprint density at radius 2 is 2.31 bits per heavy atom. The van der Waals surface area contributed by atoms with Crippen LogP contribution in [0.25, 0.3) is 0 Å². The lowest BCUT2D eigenvalue weighted by molar-refractivity contribution is 0.453. The molecule has 1 aliphatic carbocycles. The average Bonchev–Trinajstić information content (AvgIpc) is 2.90. The van der Waals surface area contributed by atoms with Gasteiger partial charge in [0.25, 0.3) is 0 Å². The Morgan fingerprint density at radius 1 is 1.69 bits per heavy atom. The van der Waals surface area contributed by atoms with Crippen molar-refractivity contribution in [3.05, 3.63) is 16.4 Å². The predicted molar refractivity (Wildman–Crippen MR) is 65.0 cm³/mol. The molecular weight excluding hydrogens is 224 g/mol. The lowest BCUT2D eigenvalue weighted by Gasteiger charge is -2.15. The summed E-state index contributed by atoms with van der Waals surface area (Å²) in [5.74, 6) is 7.07. The summed E-state index contributed by atoms with van der Waals surface area (Å²) < 4.78 is 1.72. The van der Waals surface area contributed by atoms with Crippen molar-refractivity contribution in [2.45, 2.75) is 32.7 Å². The summed E-state index contributed by atoms with van der Waals surface area (Å²) in [5.41, 5.74) is 5.03. The van der Waals surface area contributed by atoms with Crippen LogP contribution >= 0.6 is 11.6 Å². The van der Waals surface area contributed by atoms with E-state index in [9.17, 15) is 0 Å². The molecule has 1 aliphatic rings. The fraction of sp³-hybridized carbons (Fsp3) is 0.727. The third-order valence-electron chi connectivity index (χ3n) is 3.60. The molecule has 3 N–H and O–H groups in total. The van der Waals surface area contributed by atoms with Crippen molar-refractivity contribution >= 4 is 11.6 Å². The van der Waals surface area contributed by atoms with Crippen LogP contribution in [-0.2, 0) is 13.5 Å². The van der Waals surface area contributed by atoms with Crippen LogP contribution in [-0.4, -0.2) is 15.8 Å². The van der Waals surface area contributed by atoms with Gasteiger partial charge in [-0.3, -0.25) is 16.0 Å². The van der Waals surface area contributed by atoms with Crippen LogP contribution in [0.4, 0.5) is 0 Å². The first kappa shape index (κ1) is 11.9. The molecule has 90 valence electrons. The SMILES string of the molecule is Cc1nn(C)c(Cl)c1CC(NN)C1CC1C. The second-order valence-corrected chi connectivity index (χ2v) is 5.19. The van der Waals surface area contributed by atoms with Gasteiger partial charge in [0.2, 0.25) is 0 Å². The van der Waals surface area contributed by atoms with Gasteiger partial charge in [-0.05, 0) is 31.6 Å². The van der Waals surface area contributed by atoms with Crippen molar-refractivity contribution in [1.29, 1.82) is 0 Å². The molecule has 0 aromatic carbocycles. The minimum absolute atomic E-state index is 0.315. The Balaban J connectivity index is 2.12. The smallest absolute Gasteiger partial charge is 0.130 e. The molecule has 4 nitrogen and oxygen atoms in total. The summed E-state index contributed by atoms with van der Waals surface area (Å²) in [6.45, 7) is 4.25. The summed E-state index contributed by atoms with van der Waals surface area (Å²) in [4.78, 5) is 0. The van der Waals surface area contributed by atoms with E-state index in [1.165, 1.54) is 6.42 Å². The largest absolute Gasteiger partial charge is 0.271 e. The van der Waals surface area contributed by atoms with Crippen molar-refractivity contribution < 1.29 is 0 Å². The summed E-state index contributed by atoms with van der Waals surface area (Å²) in [7, 11) is 1.86. The van der Waals surface area contributed by atoms with E-state index >= 15 is 0 Å². The molecule has 1 saturated carbocycles. The van der Waals surface area contributed by atoms with Gasteiger partial charge < -0.3 is 0 Å². The molecule has 3 unspecified atom stereocenters. The maximum atomic E-state index is 6.21. The molecule has 0 saturated heterocycles. The summed E-state index contributed by atoms with van der Waals surface area (Å²) in [5, 5.41) is 5.04. The van der Waals surface area contributed by atoms with Crippen molar-refractivity contribution in [3.63, 3.8) is 0 Å². The van der Waals surface area contributed by atoms with Crippen LogP contribution in [0.3, 0.4) is 0 Å². The highest BCUT2D eigenvalue weighted by atomic mass is 35.5. The van der Waals surface area contributed by atoms with Crippen LogP contribution < -0.4 is 11.3 Å². The zero-order valence-electron chi connectivity index (χ0n) is 10.00. The Hall–Kier alpha value is -0.580. The quantitative estimate of drug-likeness (QED) is 0.620. The zero-order chi connectivity index (χ0) is 11.9. The van der Waals surface area contributed by atoms with Crippen LogP contribution in [0.15, 0.2) is 0 Å². The number of hydrogen-bond donors (Lipinski definition) is 2. The van der Waals surface area contributed by atoms with Crippen LogP contribution in [0.2, 0.25) is 5.15 Å². The van der Waals surface area contributed by atoms with Gasteiger partial charge in [-0.25, -0.2) is 0 Å². The molecule has 5 heteroatoms. The van der Waals surface area contributed by atoms with Gasteiger partial charge in [-0.1, -0.05) is 18.5 Å². The van der Waals surface area contributed by atoms with Crippen molar-refractivity contribution in [2.75, 3.05) is 0 Å². The second-order valence-electron chi connectivity index (χ2n) is 4.83. The number of rotatable bonds is 4. The monoisotopic (exact) mass is 242 g/mol. The summed E-state index contributed by atoms with van der Waals surface area (Å²) in [6, 6.07) is 0.315. The normalized spacial score (nSPS) is 25.8. The van der Waals surface area contributed by atoms with Crippen LogP contribution in [0.5, 0.6) is 0 Å². The molecule has 0 radical (unpaired) electrons. The van der Waals surface area contributed by atoms with E-state index in [1.54, 1.807) is 4.68 Å². The third kappa shape index (κ3) is 2.10. The van der Waals surface area contributed by atoms with Gasteiger partial charge in [0.1, 0.15) is 5.15 Å². The maximum absolute atomic E-state index is 6.21. The Bertz CT molecular complexity index is 388. The van der Waals surface area contributed by atoms with Gasteiger partial charge in [0.15, 0.2) is 0 Å².